The number of nitrogens with one attached hydrogen (secondary N) is 1. The highest BCUT2D eigenvalue weighted by molar-refractivity contribution is 7.15. The molecule has 0 aliphatic heterocycles. The number of fused-ring (bicyclic) bond motifs is 1. The zero-order chi connectivity index (χ0) is 18.1. The maximum absolute atomic E-state index is 13.3. The van der Waals surface area contributed by atoms with Gasteiger partial charge in [-0.05, 0) is 56.9 Å². The summed E-state index contributed by atoms with van der Waals surface area (Å²) in [6.07, 6.45) is 4.87. The van der Waals surface area contributed by atoms with Gasteiger partial charge in [-0.15, -0.1) is 10.2 Å². The highest BCUT2D eigenvalue weighted by atomic mass is 32.1. The van der Waals surface area contributed by atoms with Crippen LogP contribution in [-0.2, 0) is 12.8 Å². The molecule has 0 saturated carbocycles. The first-order chi connectivity index (χ1) is 12.6. The minimum absolute atomic E-state index is 0.278. The Bertz CT molecular complexity index is 947. The molecule has 0 bridgehead atoms. The third-order valence-corrected chi connectivity index (χ3v) is 5.22. The van der Waals surface area contributed by atoms with Crippen molar-refractivity contribution in [3.05, 3.63) is 52.0 Å². The van der Waals surface area contributed by atoms with Gasteiger partial charge in [-0.25, -0.2) is 9.07 Å². The number of carbonyl (C=O) groups excluding carboxylic acids is 1. The fraction of sp³-hybridized carbons (Fsp3) is 0.333. The van der Waals surface area contributed by atoms with Crippen LogP contribution in [0.15, 0.2) is 24.3 Å². The summed E-state index contributed by atoms with van der Waals surface area (Å²) in [5.41, 5.74) is 3.19. The molecule has 134 valence electrons. The molecule has 0 saturated heterocycles. The SMILES string of the molecule is Cc1nnc(NC(=O)c2nn(-c3ccc(F)cc3)c3c2CCCCC3)s1. The van der Waals surface area contributed by atoms with E-state index in [2.05, 4.69) is 20.6 Å². The quantitative estimate of drug-likeness (QED) is 0.713. The summed E-state index contributed by atoms with van der Waals surface area (Å²) in [7, 11) is 0. The van der Waals surface area contributed by atoms with Gasteiger partial charge in [0, 0.05) is 11.3 Å². The van der Waals surface area contributed by atoms with E-state index in [-0.39, 0.29) is 11.7 Å². The lowest BCUT2D eigenvalue weighted by Gasteiger charge is -2.07. The number of aryl methyl sites for hydroxylation is 1. The van der Waals surface area contributed by atoms with Crippen molar-refractivity contribution >= 4 is 22.4 Å². The summed E-state index contributed by atoms with van der Waals surface area (Å²) in [6, 6.07) is 6.18. The molecule has 0 atom stereocenters. The van der Waals surface area contributed by atoms with Crippen LogP contribution in [0.1, 0.15) is 46.0 Å². The zero-order valence-electron chi connectivity index (χ0n) is 14.3. The third kappa shape index (κ3) is 3.24. The van der Waals surface area contributed by atoms with Gasteiger partial charge in [-0.1, -0.05) is 17.8 Å². The van der Waals surface area contributed by atoms with Gasteiger partial charge in [0.25, 0.3) is 5.91 Å². The normalized spacial score (nSPS) is 13.9. The largest absolute Gasteiger partial charge is 0.295 e. The van der Waals surface area contributed by atoms with Gasteiger partial charge in [0.2, 0.25) is 5.13 Å². The molecule has 1 aliphatic rings. The molecule has 8 heteroatoms. The van der Waals surface area contributed by atoms with Crippen molar-refractivity contribution in [3.8, 4) is 5.69 Å². The Balaban J connectivity index is 1.74. The highest BCUT2D eigenvalue weighted by Gasteiger charge is 2.25. The van der Waals surface area contributed by atoms with Crippen LogP contribution < -0.4 is 5.32 Å². The molecule has 4 rings (SSSR count). The Labute approximate surface area is 154 Å². The lowest BCUT2D eigenvalue weighted by atomic mass is 10.1. The number of halogens is 1. The number of amides is 1. The summed E-state index contributed by atoms with van der Waals surface area (Å²) in [4.78, 5) is 12.8. The van der Waals surface area contributed by atoms with Gasteiger partial charge >= 0.3 is 0 Å². The average Bonchev–Trinajstić information content (AvgIpc) is 3.10. The molecule has 3 aromatic rings. The molecule has 1 N–H and O–H groups in total. The number of nitrogens with zero attached hydrogens (tertiary/aromatic N) is 4. The van der Waals surface area contributed by atoms with Crippen LogP contribution in [-0.4, -0.2) is 25.9 Å². The van der Waals surface area contributed by atoms with E-state index in [1.54, 1.807) is 16.8 Å². The number of aromatic nitrogens is 4. The van der Waals surface area contributed by atoms with E-state index >= 15 is 0 Å². The van der Waals surface area contributed by atoms with Gasteiger partial charge in [-0.3, -0.25) is 10.1 Å². The van der Waals surface area contributed by atoms with Crippen LogP contribution in [0.25, 0.3) is 5.69 Å². The second-order valence-corrected chi connectivity index (χ2v) is 7.48. The molecule has 0 radical (unpaired) electrons. The Morgan fingerprint density at radius 1 is 1.15 bits per heavy atom. The fourth-order valence-electron chi connectivity index (χ4n) is 3.26. The number of hydrogen-bond donors (Lipinski definition) is 1. The standard InChI is InChI=1S/C18H18FN5OS/c1-11-21-22-18(26-11)20-17(25)16-14-5-3-2-4-6-15(14)24(23-16)13-9-7-12(19)8-10-13/h7-10H,2-6H2,1H3,(H,20,22,25). The highest BCUT2D eigenvalue weighted by Crippen LogP contribution is 2.27. The van der Waals surface area contributed by atoms with E-state index in [4.69, 9.17) is 0 Å². The maximum Gasteiger partial charge on any atom is 0.278 e. The van der Waals surface area contributed by atoms with Crippen molar-refractivity contribution in [2.75, 3.05) is 5.32 Å². The second-order valence-electron chi connectivity index (χ2n) is 6.30. The maximum atomic E-state index is 13.3. The van der Waals surface area contributed by atoms with Crippen molar-refractivity contribution in [1.82, 2.24) is 20.0 Å². The first-order valence-electron chi connectivity index (χ1n) is 8.60. The van der Waals surface area contributed by atoms with Gasteiger partial charge in [0.05, 0.1) is 5.69 Å². The molecular weight excluding hydrogens is 353 g/mol. The lowest BCUT2D eigenvalue weighted by molar-refractivity contribution is 0.102. The molecule has 1 aliphatic carbocycles. The van der Waals surface area contributed by atoms with Crippen LogP contribution in [0.2, 0.25) is 0 Å². The number of carbonyl (C=O) groups is 1. The van der Waals surface area contributed by atoms with E-state index in [1.807, 2.05) is 6.92 Å². The van der Waals surface area contributed by atoms with Crippen molar-refractivity contribution in [2.24, 2.45) is 0 Å². The van der Waals surface area contributed by atoms with Crippen LogP contribution in [0.4, 0.5) is 9.52 Å². The smallest absolute Gasteiger partial charge is 0.278 e. The van der Waals surface area contributed by atoms with Crippen molar-refractivity contribution < 1.29 is 9.18 Å². The fourth-order valence-corrected chi connectivity index (χ4v) is 3.84. The molecule has 2 aromatic heterocycles. The van der Waals surface area contributed by atoms with Crippen LogP contribution in [0, 0.1) is 12.7 Å². The number of benzene rings is 1. The summed E-state index contributed by atoms with van der Waals surface area (Å²) in [5.74, 6) is -0.572. The average molecular weight is 371 g/mol. The van der Waals surface area contributed by atoms with Crippen molar-refractivity contribution in [3.63, 3.8) is 0 Å². The molecular formula is C18H18FN5OS. The lowest BCUT2D eigenvalue weighted by Crippen LogP contribution is -2.15. The number of anilines is 1. The molecule has 2 heterocycles. The molecule has 0 spiro atoms. The minimum atomic E-state index is -0.295. The summed E-state index contributed by atoms with van der Waals surface area (Å²) in [5, 5.41) is 16.5. The second kappa shape index (κ2) is 6.95. The molecule has 6 nitrogen and oxygen atoms in total. The predicted molar refractivity (Wildman–Crippen MR) is 97.4 cm³/mol. The summed E-state index contributed by atoms with van der Waals surface area (Å²) in [6.45, 7) is 1.84. The summed E-state index contributed by atoms with van der Waals surface area (Å²) < 4.78 is 15.1. The van der Waals surface area contributed by atoms with E-state index in [0.717, 1.165) is 54.1 Å². The predicted octanol–water partition coefficient (Wildman–Crippen LogP) is 3.69. The first-order valence-corrected chi connectivity index (χ1v) is 9.41. The van der Waals surface area contributed by atoms with Crippen LogP contribution in [0.5, 0.6) is 0 Å². The Hall–Kier alpha value is -2.61. The van der Waals surface area contributed by atoms with Gasteiger partial charge in [-0.2, -0.15) is 5.10 Å². The Morgan fingerprint density at radius 3 is 2.65 bits per heavy atom. The van der Waals surface area contributed by atoms with E-state index in [0.29, 0.717) is 10.8 Å². The molecule has 26 heavy (non-hydrogen) atoms. The molecule has 0 unspecified atom stereocenters. The molecule has 1 amide bonds. The van der Waals surface area contributed by atoms with Crippen molar-refractivity contribution in [1.29, 1.82) is 0 Å². The Morgan fingerprint density at radius 2 is 1.92 bits per heavy atom. The van der Waals surface area contributed by atoms with Gasteiger partial charge < -0.3 is 0 Å². The van der Waals surface area contributed by atoms with Gasteiger partial charge in [0.15, 0.2) is 5.69 Å². The minimum Gasteiger partial charge on any atom is -0.295 e. The third-order valence-electron chi connectivity index (χ3n) is 4.46. The van der Waals surface area contributed by atoms with Gasteiger partial charge in [0.1, 0.15) is 10.8 Å². The first kappa shape index (κ1) is 16.8. The molecule has 0 fully saturated rings. The van der Waals surface area contributed by atoms with E-state index < -0.39 is 0 Å². The van der Waals surface area contributed by atoms with E-state index in [1.165, 1.54) is 23.5 Å². The van der Waals surface area contributed by atoms with Crippen LogP contribution in [0.3, 0.4) is 0 Å². The topological polar surface area (TPSA) is 72.7 Å². The van der Waals surface area contributed by atoms with Crippen LogP contribution >= 0.6 is 11.3 Å². The summed E-state index contributed by atoms with van der Waals surface area (Å²) >= 11 is 1.33. The number of rotatable bonds is 3. The Kier molecular flexibility index (Phi) is 4.50. The van der Waals surface area contributed by atoms with Crippen molar-refractivity contribution in [2.45, 2.75) is 39.0 Å². The van der Waals surface area contributed by atoms with E-state index in [9.17, 15) is 9.18 Å². The monoisotopic (exact) mass is 371 g/mol. The zero-order valence-corrected chi connectivity index (χ0v) is 15.1. The number of hydrogen-bond acceptors (Lipinski definition) is 5. The molecule has 1 aromatic carbocycles.